The molecule has 3 fully saturated rings. The first kappa shape index (κ1) is 18.2. The van der Waals surface area contributed by atoms with Crippen LogP contribution in [0.5, 0.6) is 0 Å². The lowest BCUT2D eigenvalue weighted by Crippen LogP contribution is -2.41. The summed E-state index contributed by atoms with van der Waals surface area (Å²) in [5, 5.41) is 0. The molecule has 0 bridgehead atoms. The van der Waals surface area contributed by atoms with Gasteiger partial charge in [0.25, 0.3) is 0 Å². The van der Waals surface area contributed by atoms with Gasteiger partial charge in [-0.1, -0.05) is 6.42 Å². The van der Waals surface area contributed by atoms with Crippen LogP contribution in [0.2, 0.25) is 0 Å². The Balaban J connectivity index is 1.43. The molecular formula is C19H30N4O2S. The third kappa shape index (κ3) is 4.38. The zero-order valence-electron chi connectivity index (χ0n) is 15.4. The van der Waals surface area contributed by atoms with Gasteiger partial charge in [0.15, 0.2) is 0 Å². The van der Waals surface area contributed by atoms with Gasteiger partial charge < -0.3 is 4.90 Å². The Morgan fingerprint density at radius 3 is 2.50 bits per heavy atom. The Bertz CT molecular complexity index is 697. The Morgan fingerprint density at radius 1 is 1.04 bits per heavy atom. The van der Waals surface area contributed by atoms with E-state index >= 15 is 0 Å². The van der Waals surface area contributed by atoms with Gasteiger partial charge >= 0.3 is 0 Å². The second-order valence-corrected chi connectivity index (χ2v) is 9.75. The predicted molar refractivity (Wildman–Crippen MR) is 103 cm³/mol. The number of anilines is 1. The summed E-state index contributed by atoms with van der Waals surface area (Å²) in [5.74, 6) is 1.42. The van der Waals surface area contributed by atoms with Crippen LogP contribution in [0.3, 0.4) is 0 Å². The summed E-state index contributed by atoms with van der Waals surface area (Å²) in [7, 11) is -3.43. The van der Waals surface area contributed by atoms with Crippen LogP contribution in [0.4, 0.5) is 5.82 Å². The maximum Gasteiger partial charge on any atom is 0.242 e. The molecule has 2 saturated heterocycles. The van der Waals surface area contributed by atoms with Crippen molar-refractivity contribution in [2.45, 2.75) is 55.9 Å². The van der Waals surface area contributed by atoms with E-state index in [0.29, 0.717) is 18.5 Å². The average Bonchev–Trinajstić information content (AvgIpc) is 3.39. The minimum absolute atomic E-state index is 0.271. The maximum absolute atomic E-state index is 12.4. The van der Waals surface area contributed by atoms with E-state index in [0.717, 1.165) is 31.7 Å². The lowest BCUT2D eigenvalue weighted by Gasteiger charge is -2.31. The van der Waals surface area contributed by atoms with E-state index in [1.165, 1.54) is 51.4 Å². The normalized spacial score (nSPS) is 25.4. The van der Waals surface area contributed by atoms with Gasteiger partial charge in [0.05, 0.1) is 0 Å². The molecular weight excluding hydrogens is 348 g/mol. The van der Waals surface area contributed by atoms with E-state index in [2.05, 4.69) is 19.5 Å². The molecule has 7 heteroatoms. The number of rotatable bonds is 6. The van der Waals surface area contributed by atoms with Crippen molar-refractivity contribution >= 4 is 15.8 Å². The summed E-state index contributed by atoms with van der Waals surface area (Å²) in [6.07, 6.45) is 10.1. The number of likely N-dealkylation sites (tertiary alicyclic amines) is 1. The highest BCUT2D eigenvalue weighted by Gasteiger charge is 2.27. The Labute approximate surface area is 157 Å². The fourth-order valence-corrected chi connectivity index (χ4v) is 5.14. The second kappa shape index (κ2) is 7.82. The summed E-state index contributed by atoms with van der Waals surface area (Å²) in [4.78, 5) is 9.73. The zero-order chi connectivity index (χ0) is 18.0. The molecule has 6 nitrogen and oxygen atoms in total. The van der Waals surface area contributed by atoms with E-state index in [9.17, 15) is 8.42 Å². The molecule has 1 aliphatic carbocycles. The van der Waals surface area contributed by atoms with Gasteiger partial charge in [-0.15, -0.1) is 0 Å². The van der Waals surface area contributed by atoms with Crippen molar-refractivity contribution in [2.75, 3.05) is 37.6 Å². The van der Waals surface area contributed by atoms with Crippen molar-refractivity contribution in [1.82, 2.24) is 14.6 Å². The fourth-order valence-electron chi connectivity index (χ4n) is 4.08. The van der Waals surface area contributed by atoms with Crippen LogP contribution in [0.25, 0.3) is 0 Å². The van der Waals surface area contributed by atoms with E-state index in [1.807, 2.05) is 6.07 Å². The molecule has 144 valence electrons. The first-order chi connectivity index (χ1) is 12.6. The SMILES string of the molecule is O=S(=O)(NCC1CC1)c1ccc(N2CCCCC(N3CCCC3)C2)nc1. The molecule has 1 N–H and O–H groups in total. The van der Waals surface area contributed by atoms with E-state index in [1.54, 1.807) is 6.07 Å². The van der Waals surface area contributed by atoms with Crippen molar-refractivity contribution in [3.05, 3.63) is 18.3 Å². The molecule has 2 aliphatic heterocycles. The van der Waals surface area contributed by atoms with Crippen LogP contribution >= 0.6 is 0 Å². The Morgan fingerprint density at radius 2 is 1.81 bits per heavy atom. The number of aromatic nitrogens is 1. The molecule has 0 aromatic carbocycles. The number of nitrogens with zero attached hydrogens (tertiary/aromatic N) is 3. The largest absolute Gasteiger partial charge is 0.355 e. The van der Waals surface area contributed by atoms with Gasteiger partial charge in [-0.2, -0.15) is 0 Å². The molecule has 4 rings (SSSR count). The molecule has 0 amide bonds. The lowest BCUT2D eigenvalue weighted by atomic mass is 10.1. The molecule has 1 saturated carbocycles. The number of sulfonamides is 1. The van der Waals surface area contributed by atoms with Crippen LogP contribution in [0.15, 0.2) is 23.2 Å². The maximum atomic E-state index is 12.4. The highest BCUT2D eigenvalue weighted by atomic mass is 32.2. The van der Waals surface area contributed by atoms with Crippen molar-refractivity contribution in [3.63, 3.8) is 0 Å². The summed E-state index contributed by atoms with van der Waals surface area (Å²) in [6.45, 7) is 4.99. The highest BCUT2D eigenvalue weighted by Crippen LogP contribution is 2.28. The van der Waals surface area contributed by atoms with Crippen LogP contribution in [0, 0.1) is 5.92 Å². The van der Waals surface area contributed by atoms with Gasteiger partial charge in [0.2, 0.25) is 10.0 Å². The van der Waals surface area contributed by atoms with Gasteiger partial charge in [-0.05, 0) is 69.7 Å². The van der Waals surface area contributed by atoms with Crippen LogP contribution in [0.1, 0.15) is 44.9 Å². The molecule has 0 spiro atoms. The average molecular weight is 379 g/mol. The summed E-state index contributed by atoms with van der Waals surface area (Å²) < 4.78 is 27.4. The fraction of sp³-hybridized carbons (Fsp3) is 0.737. The summed E-state index contributed by atoms with van der Waals surface area (Å²) >= 11 is 0. The summed E-state index contributed by atoms with van der Waals surface area (Å²) in [5.41, 5.74) is 0. The van der Waals surface area contributed by atoms with Gasteiger partial charge in [0.1, 0.15) is 10.7 Å². The van der Waals surface area contributed by atoms with Gasteiger partial charge in [-0.25, -0.2) is 18.1 Å². The number of hydrogen-bond acceptors (Lipinski definition) is 5. The first-order valence-electron chi connectivity index (χ1n) is 10.1. The minimum Gasteiger partial charge on any atom is -0.355 e. The van der Waals surface area contributed by atoms with Gasteiger partial charge in [-0.3, -0.25) is 4.90 Å². The van der Waals surface area contributed by atoms with Crippen molar-refractivity contribution in [2.24, 2.45) is 5.92 Å². The third-order valence-electron chi connectivity index (χ3n) is 5.92. The molecule has 0 radical (unpaired) electrons. The zero-order valence-corrected chi connectivity index (χ0v) is 16.3. The van der Waals surface area contributed by atoms with Crippen LogP contribution in [-0.2, 0) is 10.0 Å². The first-order valence-corrected chi connectivity index (χ1v) is 11.5. The van der Waals surface area contributed by atoms with Crippen molar-refractivity contribution < 1.29 is 8.42 Å². The Kier molecular flexibility index (Phi) is 5.47. The number of hydrogen-bond donors (Lipinski definition) is 1. The number of nitrogens with one attached hydrogen (secondary N) is 1. The van der Waals surface area contributed by atoms with Gasteiger partial charge in [0, 0.05) is 31.9 Å². The molecule has 1 aromatic heterocycles. The minimum atomic E-state index is -3.43. The lowest BCUT2D eigenvalue weighted by molar-refractivity contribution is 0.236. The molecule has 1 unspecified atom stereocenters. The summed E-state index contributed by atoms with van der Waals surface area (Å²) in [6, 6.07) is 4.18. The van der Waals surface area contributed by atoms with E-state index in [4.69, 9.17) is 0 Å². The smallest absolute Gasteiger partial charge is 0.242 e. The predicted octanol–water partition coefficient (Wildman–Crippen LogP) is 2.22. The van der Waals surface area contributed by atoms with Crippen LogP contribution in [-0.4, -0.2) is 57.1 Å². The second-order valence-electron chi connectivity index (χ2n) is 7.99. The van der Waals surface area contributed by atoms with Crippen molar-refractivity contribution in [3.8, 4) is 0 Å². The Hall–Kier alpha value is -1.18. The number of pyridine rings is 1. The standard InChI is InChI=1S/C19H30N4O2S/c24-26(25,21-13-16-6-7-16)18-8-9-19(20-14-18)23-12-2-1-5-17(15-23)22-10-3-4-11-22/h8-9,14,16-17,21H,1-7,10-13,15H2. The van der Waals surface area contributed by atoms with Crippen LogP contribution < -0.4 is 9.62 Å². The molecule has 1 atom stereocenters. The molecule has 1 aromatic rings. The van der Waals surface area contributed by atoms with Crippen molar-refractivity contribution in [1.29, 1.82) is 0 Å². The topological polar surface area (TPSA) is 65.5 Å². The molecule has 3 aliphatic rings. The molecule has 3 heterocycles. The van der Waals surface area contributed by atoms with E-state index < -0.39 is 10.0 Å². The quantitative estimate of drug-likeness (QED) is 0.822. The monoisotopic (exact) mass is 378 g/mol. The van der Waals surface area contributed by atoms with E-state index in [-0.39, 0.29) is 4.90 Å². The third-order valence-corrected chi connectivity index (χ3v) is 7.33. The highest BCUT2D eigenvalue weighted by molar-refractivity contribution is 7.89. The molecule has 26 heavy (non-hydrogen) atoms.